The van der Waals surface area contributed by atoms with Crippen LogP contribution < -0.4 is 11.1 Å². The van der Waals surface area contributed by atoms with Crippen LogP contribution in [0.1, 0.15) is 24.9 Å². The Morgan fingerprint density at radius 2 is 2.12 bits per heavy atom. The van der Waals surface area contributed by atoms with E-state index < -0.39 is 6.04 Å². The van der Waals surface area contributed by atoms with Crippen LogP contribution in [0.2, 0.25) is 5.02 Å². The van der Waals surface area contributed by atoms with Gasteiger partial charge in [-0.3, -0.25) is 4.79 Å². The van der Waals surface area contributed by atoms with Gasteiger partial charge >= 0.3 is 0 Å². The number of nitrogens with two attached hydrogens (primary N) is 1. The number of terminal acetylenes is 1. The van der Waals surface area contributed by atoms with Crippen molar-refractivity contribution in [2.75, 3.05) is 0 Å². The Hall–Kier alpha value is -1.50. The number of hydrogen-bond acceptors (Lipinski definition) is 2. The minimum Gasteiger partial charge on any atom is -0.348 e. The Morgan fingerprint density at radius 1 is 1.53 bits per heavy atom. The van der Waals surface area contributed by atoms with Crippen molar-refractivity contribution >= 4 is 17.5 Å². The Balaban J connectivity index is 2.60. The molecule has 2 atom stereocenters. The molecule has 0 saturated heterocycles. The van der Waals surface area contributed by atoms with Gasteiger partial charge in [0.2, 0.25) is 5.91 Å². The van der Waals surface area contributed by atoms with Gasteiger partial charge in [-0.15, -0.1) is 12.3 Å². The first-order chi connectivity index (χ1) is 8.04. The van der Waals surface area contributed by atoms with E-state index in [2.05, 4.69) is 11.2 Å². The zero-order valence-electron chi connectivity index (χ0n) is 9.61. The van der Waals surface area contributed by atoms with Crippen molar-refractivity contribution < 1.29 is 4.79 Å². The van der Waals surface area contributed by atoms with E-state index in [4.69, 9.17) is 23.8 Å². The minimum absolute atomic E-state index is 0.122. The Bertz CT molecular complexity index is 422. The molecule has 4 heteroatoms. The van der Waals surface area contributed by atoms with E-state index in [0.29, 0.717) is 5.02 Å². The van der Waals surface area contributed by atoms with Gasteiger partial charge in [-0.1, -0.05) is 23.7 Å². The molecule has 1 amide bonds. The third kappa shape index (κ3) is 4.10. The highest BCUT2D eigenvalue weighted by molar-refractivity contribution is 6.30. The molecule has 0 heterocycles. The first-order valence-electron chi connectivity index (χ1n) is 5.29. The van der Waals surface area contributed by atoms with Crippen molar-refractivity contribution in [3.8, 4) is 12.3 Å². The average molecular weight is 251 g/mol. The quantitative estimate of drug-likeness (QED) is 0.802. The van der Waals surface area contributed by atoms with E-state index in [-0.39, 0.29) is 18.4 Å². The monoisotopic (exact) mass is 250 g/mol. The maximum Gasteiger partial charge on any atom is 0.238 e. The third-order valence-electron chi connectivity index (χ3n) is 2.40. The number of amides is 1. The molecular weight excluding hydrogens is 236 g/mol. The van der Waals surface area contributed by atoms with Crippen molar-refractivity contribution in [1.29, 1.82) is 0 Å². The van der Waals surface area contributed by atoms with Crippen molar-refractivity contribution in [3.63, 3.8) is 0 Å². The Morgan fingerprint density at radius 3 is 2.65 bits per heavy atom. The highest BCUT2D eigenvalue weighted by Crippen LogP contribution is 2.15. The summed E-state index contributed by atoms with van der Waals surface area (Å²) in [4.78, 5) is 11.6. The molecule has 0 saturated carbocycles. The third-order valence-corrected chi connectivity index (χ3v) is 2.66. The summed E-state index contributed by atoms with van der Waals surface area (Å²) in [5.74, 6) is 2.12. The maximum absolute atomic E-state index is 11.6. The fraction of sp³-hybridized carbons (Fsp3) is 0.308. The number of hydrogen-bond donors (Lipinski definition) is 2. The minimum atomic E-state index is -0.658. The molecule has 3 N–H and O–H groups in total. The molecule has 0 fully saturated rings. The zero-order valence-corrected chi connectivity index (χ0v) is 10.4. The molecule has 1 rings (SSSR count). The molecule has 0 bridgehead atoms. The fourth-order valence-electron chi connectivity index (χ4n) is 1.37. The molecule has 0 spiro atoms. The fourth-order valence-corrected chi connectivity index (χ4v) is 1.50. The maximum atomic E-state index is 11.6. The lowest BCUT2D eigenvalue weighted by molar-refractivity contribution is -0.122. The smallest absolute Gasteiger partial charge is 0.238 e. The zero-order chi connectivity index (χ0) is 12.8. The summed E-state index contributed by atoms with van der Waals surface area (Å²) in [5, 5.41) is 3.46. The van der Waals surface area contributed by atoms with Crippen LogP contribution in [0.3, 0.4) is 0 Å². The highest BCUT2D eigenvalue weighted by atomic mass is 35.5. The number of halogens is 1. The molecule has 1 aromatic carbocycles. The van der Waals surface area contributed by atoms with E-state index in [1.54, 1.807) is 12.1 Å². The largest absolute Gasteiger partial charge is 0.348 e. The molecule has 0 aromatic heterocycles. The van der Waals surface area contributed by atoms with Gasteiger partial charge in [-0.25, -0.2) is 0 Å². The molecule has 0 aliphatic heterocycles. The van der Waals surface area contributed by atoms with Gasteiger partial charge in [0.05, 0.1) is 12.1 Å². The number of benzene rings is 1. The van der Waals surface area contributed by atoms with E-state index in [0.717, 1.165) is 5.56 Å². The first kappa shape index (κ1) is 13.6. The molecule has 90 valence electrons. The van der Waals surface area contributed by atoms with Crippen molar-refractivity contribution in [1.82, 2.24) is 5.32 Å². The standard InChI is InChI=1S/C13H15ClN2O/c1-3-4-12(15)13(17)16-9(2)10-5-7-11(14)8-6-10/h1,5-9,12H,4,15H2,2H3,(H,16,17)/t9-,12?/m1/s1. The normalized spacial score (nSPS) is 13.5. The lowest BCUT2D eigenvalue weighted by atomic mass is 10.1. The summed E-state index contributed by atoms with van der Waals surface area (Å²) in [6.07, 6.45) is 5.34. The Kier molecular flexibility index (Phi) is 5.02. The van der Waals surface area contributed by atoms with Crippen LogP contribution in [0.4, 0.5) is 0 Å². The number of rotatable bonds is 4. The van der Waals surface area contributed by atoms with Crippen molar-refractivity contribution in [2.24, 2.45) is 5.73 Å². The summed E-state index contributed by atoms with van der Waals surface area (Å²) < 4.78 is 0. The second-order valence-corrected chi connectivity index (χ2v) is 4.23. The number of carbonyl (C=O) groups is 1. The number of carbonyl (C=O) groups excluding carboxylic acids is 1. The lowest BCUT2D eigenvalue weighted by Crippen LogP contribution is -2.41. The van der Waals surface area contributed by atoms with E-state index in [1.807, 2.05) is 19.1 Å². The van der Waals surface area contributed by atoms with Crippen molar-refractivity contribution in [3.05, 3.63) is 34.9 Å². The first-order valence-corrected chi connectivity index (χ1v) is 5.67. The average Bonchev–Trinajstić information content (AvgIpc) is 2.30. The summed E-state index contributed by atoms with van der Waals surface area (Å²) >= 11 is 5.78. The SMILES string of the molecule is C#CCC(N)C(=O)N[C@H](C)c1ccc(Cl)cc1. The van der Waals surface area contributed by atoms with E-state index >= 15 is 0 Å². The molecule has 0 aliphatic carbocycles. The van der Waals surface area contributed by atoms with Crippen LogP contribution >= 0.6 is 11.6 Å². The van der Waals surface area contributed by atoms with E-state index in [1.165, 1.54) is 0 Å². The molecule has 3 nitrogen and oxygen atoms in total. The van der Waals surface area contributed by atoms with Gasteiger partial charge in [-0.05, 0) is 24.6 Å². The van der Waals surface area contributed by atoms with Crippen molar-refractivity contribution in [2.45, 2.75) is 25.4 Å². The Labute approximate surface area is 106 Å². The van der Waals surface area contributed by atoms with Crippen LogP contribution in [0.5, 0.6) is 0 Å². The van der Waals surface area contributed by atoms with Gasteiger partial charge in [-0.2, -0.15) is 0 Å². The van der Waals surface area contributed by atoms with Gasteiger partial charge in [0, 0.05) is 11.4 Å². The van der Waals surface area contributed by atoms with Crippen LogP contribution in [0, 0.1) is 12.3 Å². The van der Waals surface area contributed by atoms with Crippen LogP contribution in [0.15, 0.2) is 24.3 Å². The van der Waals surface area contributed by atoms with Crippen LogP contribution in [-0.2, 0) is 4.79 Å². The van der Waals surface area contributed by atoms with Gasteiger partial charge in [0.25, 0.3) is 0 Å². The molecule has 17 heavy (non-hydrogen) atoms. The topological polar surface area (TPSA) is 55.1 Å². The second kappa shape index (κ2) is 6.29. The molecule has 1 unspecified atom stereocenters. The molecular formula is C13H15ClN2O. The molecule has 0 aliphatic rings. The van der Waals surface area contributed by atoms with Crippen LogP contribution in [0.25, 0.3) is 0 Å². The summed E-state index contributed by atoms with van der Waals surface area (Å²) in [6.45, 7) is 1.88. The van der Waals surface area contributed by atoms with Gasteiger partial charge in [0.15, 0.2) is 0 Å². The summed E-state index contributed by atoms with van der Waals surface area (Å²) in [6, 6.07) is 6.50. The second-order valence-electron chi connectivity index (χ2n) is 3.80. The summed E-state index contributed by atoms with van der Waals surface area (Å²) in [5.41, 5.74) is 6.57. The molecule has 1 aromatic rings. The van der Waals surface area contributed by atoms with Crippen LogP contribution in [-0.4, -0.2) is 11.9 Å². The highest BCUT2D eigenvalue weighted by Gasteiger charge is 2.15. The molecule has 0 radical (unpaired) electrons. The van der Waals surface area contributed by atoms with E-state index in [9.17, 15) is 4.79 Å². The lowest BCUT2D eigenvalue weighted by Gasteiger charge is -2.16. The number of nitrogens with one attached hydrogen (secondary N) is 1. The summed E-state index contributed by atoms with van der Waals surface area (Å²) in [7, 11) is 0. The van der Waals surface area contributed by atoms with Gasteiger partial charge in [0.1, 0.15) is 0 Å². The predicted molar refractivity (Wildman–Crippen MR) is 69.4 cm³/mol. The predicted octanol–water partition coefficient (Wildman–Crippen LogP) is 1.87. The van der Waals surface area contributed by atoms with Gasteiger partial charge < -0.3 is 11.1 Å².